The molecule has 2 rings (SSSR count). The molecule has 1 aliphatic heterocycles. The molecule has 2 N–H and O–H groups in total. The molecule has 25 heavy (non-hydrogen) atoms. The third-order valence-corrected chi connectivity index (χ3v) is 4.13. The average molecular weight is 358 g/mol. The molecular formula is C17H25F3N4O. The summed E-state index contributed by atoms with van der Waals surface area (Å²) in [7, 11) is 3.27. The zero-order valence-corrected chi connectivity index (χ0v) is 14.8. The van der Waals surface area contributed by atoms with E-state index in [1.807, 2.05) is 25.1 Å². The van der Waals surface area contributed by atoms with Gasteiger partial charge in [0.05, 0.1) is 13.7 Å². The minimum absolute atomic E-state index is 0.0477. The number of nitrogens with zero attached hydrogens (tertiary/aromatic N) is 2. The SMILES string of the molecule is CN=C(NCc1ccc(C)cc1OC)NC1CCN(CC(F)(F)F)C1. The third kappa shape index (κ3) is 6.12. The number of rotatable bonds is 5. The van der Waals surface area contributed by atoms with Gasteiger partial charge in [-0.3, -0.25) is 9.89 Å². The van der Waals surface area contributed by atoms with E-state index in [-0.39, 0.29) is 6.04 Å². The molecule has 0 aliphatic carbocycles. The van der Waals surface area contributed by atoms with Gasteiger partial charge in [0.15, 0.2) is 5.96 Å². The largest absolute Gasteiger partial charge is 0.496 e. The average Bonchev–Trinajstić information content (AvgIpc) is 2.97. The van der Waals surface area contributed by atoms with Crippen LogP contribution < -0.4 is 15.4 Å². The monoisotopic (exact) mass is 358 g/mol. The fourth-order valence-electron chi connectivity index (χ4n) is 2.91. The van der Waals surface area contributed by atoms with Crippen LogP contribution in [0.4, 0.5) is 13.2 Å². The molecule has 1 heterocycles. The third-order valence-electron chi connectivity index (χ3n) is 4.13. The van der Waals surface area contributed by atoms with Crippen LogP contribution in [-0.4, -0.2) is 56.9 Å². The smallest absolute Gasteiger partial charge is 0.401 e. The van der Waals surface area contributed by atoms with Crippen LogP contribution in [0.15, 0.2) is 23.2 Å². The summed E-state index contributed by atoms with van der Waals surface area (Å²) in [6.45, 7) is 2.43. The molecule has 1 aliphatic rings. The van der Waals surface area contributed by atoms with Crippen LogP contribution >= 0.6 is 0 Å². The molecule has 0 saturated carbocycles. The molecule has 1 unspecified atom stereocenters. The number of hydrogen-bond acceptors (Lipinski definition) is 3. The highest BCUT2D eigenvalue weighted by molar-refractivity contribution is 5.80. The van der Waals surface area contributed by atoms with Crippen molar-refractivity contribution in [2.24, 2.45) is 4.99 Å². The highest BCUT2D eigenvalue weighted by Gasteiger charge is 2.34. The summed E-state index contributed by atoms with van der Waals surface area (Å²) in [6, 6.07) is 5.89. The van der Waals surface area contributed by atoms with Gasteiger partial charge in [-0.1, -0.05) is 12.1 Å². The van der Waals surface area contributed by atoms with Crippen molar-refractivity contribution in [2.45, 2.75) is 32.1 Å². The molecule has 8 heteroatoms. The Hall–Kier alpha value is -1.96. The Morgan fingerprint density at radius 2 is 2.16 bits per heavy atom. The summed E-state index contributed by atoms with van der Waals surface area (Å²) >= 11 is 0. The number of aryl methyl sites for hydroxylation is 1. The van der Waals surface area contributed by atoms with Gasteiger partial charge in [0.1, 0.15) is 5.75 Å². The van der Waals surface area contributed by atoms with E-state index in [0.29, 0.717) is 32.0 Å². The minimum atomic E-state index is -4.16. The summed E-state index contributed by atoms with van der Waals surface area (Å²) in [5, 5.41) is 6.38. The van der Waals surface area contributed by atoms with Crippen molar-refractivity contribution in [3.05, 3.63) is 29.3 Å². The van der Waals surface area contributed by atoms with E-state index in [4.69, 9.17) is 4.74 Å². The number of ether oxygens (including phenoxy) is 1. The van der Waals surface area contributed by atoms with E-state index in [1.165, 1.54) is 4.90 Å². The number of aliphatic imine (C=N–C) groups is 1. The molecule has 5 nitrogen and oxygen atoms in total. The van der Waals surface area contributed by atoms with Gasteiger partial charge < -0.3 is 15.4 Å². The lowest BCUT2D eigenvalue weighted by Crippen LogP contribution is -2.44. The highest BCUT2D eigenvalue weighted by Crippen LogP contribution is 2.21. The summed E-state index contributed by atoms with van der Waals surface area (Å²) in [6.07, 6.45) is -3.50. The molecule has 1 atom stereocenters. The molecular weight excluding hydrogens is 333 g/mol. The second kappa shape index (κ2) is 8.42. The Bertz CT molecular complexity index is 604. The van der Waals surface area contributed by atoms with Crippen molar-refractivity contribution in [3.63, 3.8) is 0 Å². The van der Waals surface area contributed by atoms with Gasteiger partial charge >= 0.3 is 6.18 Å². The Morgan fingerprint density at radius 3 is 2.80 bits per heavy atom. The predicted octanol–water partition coefficient (Wildman–Crippen LogP) is 2.31. The van der Waals surface area contributed by atoms with Gasteiger partial charge in [0.2, 0.25) is 0 Å². The van der Waals surface area contributed by atoms with Crippen molar-refractivity contribution in [1.82, 2.24) is 15.5 Å². The quantitative estimate of drug-likeness (QED) is 0.626. The molecule has 1 fully saturated rings. The van der Waals surface area contributed by atoms with Crippen molar-refractivity contribution in [2.75, 3.05) is 33.8 Å². The van der Waals surface area contributed by atoms with Crippen molar-refractivity contribution >= 4 is 5.96 Å². The summed E-state index contributed by atoms with van der Waals surface area (Å²) in [5.74, 6) is 1.36. The predicted molar refractivity (Wildman–Crippen MR) is 92.0 cm³/mol. The lowest BCUT2D eigenvalue weighted by molar-refractivity contribution is -0.143. The molecule has 0 spiro atoms. The Kier molecular flexibility index (Phi) is 6.52. The Morgan fingerprint density at radius 1 is 1.40 bits per heavy atom. The molecule has 0 amide bonds. The van der Waals surface area contributed by atoms with Crippen LogP contribution in [0.1, 0.15) is 17.5 Å². The first-order valence-electron chi connectivity index (χ1n) is 8.20. The maximum absolute atomic E-state index is 12.5. The lowest BCUT2D eigenvalue weighted by Gasteiger charge is -2.20. The number of guanidine groups is 1. The summed E-state index contributed by atoms with van der Waals surface area (Å²) < 4.78 is 42.8. The highest BCUT2D eigenvalue weighted by atomic mass is 19.4. The maximum atomic E-state index is 12.5. The zero-order chi connectivity index (χ0) is 18.4. The lowest BCUT2D eigenvalue weighted by atomic mass is 10.1. The maximum Gasteiger partial charge on any atom is 0.401 e. The Labute approximate surface area is 146 Å². The normalized spacial score (nSPS) is 19.1. The Balaban J connectivity index is 1.86. The van der Waals surface area contributed by atoms with Gasteiger partial charge in [-0.05, 0) is 25.0 Å². The van der Waals surface area contributed by atoms with Crippen LogP contribution in [-0.2, 0) is 6.54 Å². The first kappa shape index (κ1) is 19.4. The number of hydrogen-bond donors (Lipinski definition) is 2. The van der Waals surface area contributed by atoms with Gasteiger partial charge in [0.25, 0.3) is 0 Å². The van der Waals surface area contributed by atoms with E-state index in [0.717, 1.165) is 16.9 Å². The number of halogens is 3. The zero-order valence-electron chi connectivity index (χ0n) is 14.8. The van der Waals surface area contributed by atoms with E-state index in [1.54, 1.807) is 14.2 Å². The van der Waals surface area contributed by atoms with Crippen molar-refractivity contribution in [3.8, 4) is 5.75 Å². The first-order chi connectivity index (χ1) is 11.8. The van der Waals surface area contributed by atoms with Gasteiger partial charge in [-0.2, -0.15) is 13.2 Å². The summed E-state index contributed by atoms with van der Waals surface area (Å²) in [5.41, 5.74) is 2.10. The number of likely N-dealkylation sites (tertiary alicyclic amines) is 1. The van der Waals surface area contributed by atoms with Crippen LogP contribution in [0.2, 0.25) is 0 Å². The van der Waals surface area contributed by atoms with Crippen LogP contribution in [0.5, 0.6) is 5.75 Å². The fourth-order valence-corrected chi connectivity index (χ4v) is 2.91. The van der Waals surface area contributed by atoms with Gasteiger partial charge in [0, 0.05) is 38.3 Å². The molecule has 1 aromatic rings. The number of nitrogens with one attached hydrogen (secondary N) is 2. The van der Waals surface area contributed by atoms with Crippen LogP contribution in [0.25, 0.3) is 0 Å². The number of benzene rings is 1. The minimum Gasteiger partial charge on any atom is -0.496 e. The van der Waals surface area contributed by atoms with Crippen molar-refractivity contribution in [1.29, 1.82) is 0 Å². The second-order valence-electron chi connectivity index (χ2n) is 6.22. The summed E-state index contributed by atoms with van der Waals surface area (Å²) in [4.78, 5) is 5.56. The molecule has 0 radical (unpaired) electrons. The molecule has 0 bridgehead atoms. The topological polar surface area (TPSA) is 48.9 Å². The fraction of sp³-hybridized carbons (Fsp3) is 0.588. The van der Waals surface area contributed by atoms with Crippen LogP contribution in [0.3, 0.4) is 0 Å². The first-order valence-corrected chi connectivity index (χ1v) is 8.20. The van der Waals surface area contributed by atoms with E-state index >= 15 is 0 Å². The van der Waals surface area contributed by atoms with Gasteiger partial charge in [-0.15, -0.1) is 0 Å². The molecule has 1 aromatic carbocycles. The molecule has 0 aromatic heterocycles. The van der Waals surface area contributed by atoms with Crippen molar-refractivity contribution < 1.29 is 17.9 Å². The van der Waals surface area contributed by atoms with E-state index in [9.17, 15) is 13.2 Å². The number of methoxy groups -OCH3 is 1. The van der Waals surface area contributed by atoms with Crippen LogP contribution in [0, 0.1) is 6.92 Å². The van der Waals surface area contributed by atoms with E-state index < -0.39 is 12.7 Å². The van der Waals surface area contributed by atoms with E-state index in [2.05, 4.69) is 15.6 Å². The number of alkyl halides is 3. The van der Waals surface area contributed by atoms with Gasteiger partial charge in [-0.25, -0.2) is 0 Å². The second-order valence-corrected chi connectivity index (χ2v) is 6.22. The molecule has 140 valence electrons. The standard InChI is InChI=1S/C17H25F3N4O/c1-12-4-5-13(15(8-12)25-3)9-22-16(21-2)23-14-6-7-24(10-14)11-17(18,19)20/h4-5,8,14H,6-7,9-11H2,1-3H3,(H2,21,22,23). The molecule has 1 saturated heterocycles.